The van der Waals surface area contributed by atoms with Crippen LogP contribution in [0.4, 0.5) is 11.4 Å². The lowest BCUT2D eigenvalue weighted by Crippen LogP contribution is -2.51. The molecule has 0 radical (unpaired) electrons. The smallest absolute Gasteiger partial charge is 0.294 e. The molecule has 8 nitrogen and oxygen atoms in total. The molecule has 0 bridgehead atoms. The zero-order chi connectivity index (χ0) is 23.7. The molecule has 2 amide bonds. The maximum absolute atomic E-state index is 13.2. The third-order valence-corrected chi connectivity index (χ3v) is 5.64. The van der Waals surface area contributed by atoms with Crippen molar-refractivity contribution in [2.75, 3.05) is 16.3 Å². The maximum Gasteiger partial charge on any atom is 0.294 e. The van der Waals surface area contributed by atoms with Gasteiger partial charge < -0.3 is 30.4 Å². The first-order valence-electron chi connectivity index (χ1n) is 10.8. The molecule has 1 aromatic heterocycles. The molecule has 2 heterocycles. The lowest BCUT2D eigenvalue weighted by molar-refractivity contribution is -0.117. The number of furan rings is 1. The van der Waals surface area contributed by atoms with Gasteiger partial charge in [-0.15, -0.1) is 0 Å². The largest absolute Gasteiger partial charge is 0.459 e. The first kappa shape index (κ1) is 22.7. The van der Waals surface area contributed by atoms with Gasteiger partial charge in [0.05, 0.1) is 23.7 Å². The second-order valence-electron chi connectivity index (χ2n) is 8.22. The number of nitrogens with two attached hydrogens (primary N) is 2. The monoisotopic (exact) mass is 448 g/mol. The van der Waals surface area contributed by atoms with E-state index in [9.17, 15) is 9.59 Å². The van der Waals surface area contributed by atoms with Crippen molar-refractivity contribution in [3.63, 3.8) is 0 Å². The Morgan fingerprint density at radius 1 is 1.06 bits per heavy atom. The summed E-state index contributed by atoms with van der Waals surface area (Å²) in [7, 11) is 0. The van der Waals surface area contributed by atoms with E-state index in [-0.39, 0.29) is 23.6 Å². The van der Waals surface area contributed by atoms with Crippen molar-refractivity contribution in [2.24, 2.45) is 11.5 Å². The highest BCUT2D eigenvalue weighted by atomic mass is 16.5. The van der Waals surface area contributed by atoms with Gasteiger partial charge in [0.25, 0.3) is 5.91 Å². The molecule has 0 fully saturated rings. The van der Waals surface area contributed by atoms with Gasteiger partial charge in [-0.3, -0.25) is 9.59 Å². The molecule has 1 aliphatic rings. The molecule has 0 saturated carbocycles. The van der Waals surface area contributed by atoms with E-state index >= 15 is 0 Å². The van der Waals surface area contributed by atoms with Crippen LogP contribution in [0.3, 0.4) is 0 Å². The fraction of sp³-hybridized carbons (Fsp3) is 0.280. The van der Waals surface area contributed by atoms with Crippen LogP contribution in [0.1, 0.15) is 43.1 Å². The molecule has 2 aromatic carbocycles. The summed E-state index contributed by atoms with van der Waals surface area (Å²) in [6.07, 6.45) is 0.320. The average molecular weight is 449 g/mol. The number of ether oxygens (including phenoxy) is 1. The predicted octanol–water partition coefficient (Wildman–Crippen LogP) is 3.63. The molecule has 1 aliphatic heterocycles. The molecule has 3 aromatic rings. The van der Waals surface area contributed by atoms with Crippen molar-refractivity contribution in [3.8, 4) is 11.1 Å². The summed E-state index contributed by atoms with van der Waals surface area (Å²) in [5.41, 5.74) is 15.7. The Hall–Kier alpha value is -3.46. The number of rotatable bonds is 5. The summed E-state index contributed by atoms with van der Waals surface area (Å²) in [5, 5.41) is 0. The Balaban J connectivity index is 1.78. The third-order valence-electron chi connectivity index (χ3n) is 5.64. The molecule has 0 spiro atoms. The molecule has 4 rings (SSSR count). The Morgan fingerprint density at radius 2 is 1.82 bits per heavy atom. The van der Waals surface area contributed by atoms with E-state index in [1.807, 2.05) is 49.4 Å². The van der Waals surface area contributed by atoms with Gasteiger partial charge in [-0.25, -0.2) is 0 Å². The Labute approximate surface area is 192 Å². The maximum atomic E-state index is 13.2. The van der Waals surface area contributed by atoms with Gasteiger partial charge in [0.2, 0.25) is 5.91 Å². The summed E-state index contributed by atoms with van der Waals surface area (Å²) < 4.78 is 10.9. The minimum Gasteiger partial charge on any atom is -0.459 e. The van der Waals surface area contributed by atoms with Crippen LogP contribution in [0.2, 0.25) is 0 Å². The van der Waals surface area contributed by atoms with Gasteiger partial charge >= 0.3 is 0 Å². The first-order chi connectivity index (χ1) is 15.8. The molecule has 0 aliphatic carbocycles. The van der Waals surface area contributed by atoms with Gasteiger partial charge in [0.1, 0.15) is 12.5 Å². The molecule has 4 N–H and O–H groups in total. The summed E-state index contributed by atoms with van der Waals surface area (Å²) in [5.74, 6) is -0.0898. The number of hydrogen-bond donors (Lipinski definition) is 2. The lowest BCUT2D eigenvalue weighted by atomic mass is 9.98. The summed E-state index contributed by atoms with van der Waals surface area (Å²) in [4.78, 5) is 29.0. The predicted molar refractivity (Wildman–Crippen MR) is 127 cm³/mol. The van der Waals surface area contributed by atoms with Gasteiger partial charge in [-0.2, -0.15) is 0 Å². The van der Waals surface area contributed by atoms with Crippen molar-refractivity contribution < 1.29 is 18.7 Å². The van der Waals surface area contributed by atoms with E-state index in [4.69, 9.17) is 20.6 Å². The zero-order valence-electron chi connectivity index (χ0n) is 18.9. The topological polar surface area (TPSA) is 115 Å². The van der Waals surface area contributed by atoms with E-state index in [0.717, 1.165) is 16.7 Å². The molecular formula is C25H28N4O4. The second-order valence-corrected chi connectivity index (χ2v) is 8.22. The normalized spacial score (nSPS) is 17.4. The highest BCUT2D eigenvalue weighted by Crippen LogP contribution is 2.39. The van der Waals surface area contributed by atoms with E-state index in [2.05, 4.69) is 0 Å². The second kappa shape index (κ2) is 9.19. The molecule has 3 atom stereocenters. The van der Waals surface area contributed by atoms with Gasteiger partial charge in [-0.05, 0) is 60.9 Å². The van der Waals surface area contributed by atoms with Gasteiger partial charge in [0, 0.05) is 13.5 Å². The molecule has 0 saturated heterocycles. The fourth-order valence-electron chi connectivity index (χ4n) is 4.22. The minimum absolute atomic E-state index is 0.0809. The highest BCUT2D eigenvalue weighted by molar-refractivity contribution is 6.10. The quantitative estimate of drug-likeness (QED) is 0.576. The standard InChI is InChI=1S/C25H28N4O4/c1-15-14-28(25(31)23-8-5-11-32-23)22-13-19(9-10-21(22)29(15)17(3)30)18-6-4-7-20(12-18)24(27)33-16(2)26/h4-13,15-16,24H,14,26-27H2,1-3H3/t15-,16?,24?/m0/s1. The highest BCUT2D eigenvalue weighted by Gasteiger charge is 2.35. The van der Waals surface area contributed by atoms with Crippen LogP contribution < -0.4 is 21.3 Å². The van der Waals surface area contributed by atoms with Gasteiger partial charge in [-0.1, -0.05) is 24.3 Å². The SMILES string of the molecule is CC(=O)N1c2ccc(-c3cccc(C(N)OC(C)N)c3)cc2N(C(=O)c2ccco2)C[C@@H]1C. The molecule has 172 valence electrons. The van der Waals surface area contributed by atoms with E-state index < -0.39 is 12.5 Å². The van der Waals surface area contributed by atoms with Crippen LogP contribution in [-0.4, -0.2) is 30.6 Å². The summed E-state index contributed by atoms with van der Waals surface area (Å²) in [6, 6.07) is 16.5. The lowest BCUT2D eigenvalue weighted by Gasteiger charge is -2.40. The minimum atomic E-state index is -0.659. The third kappa shape index (κ3) is 4.54. The van der Waals surface area contributed by atoms with Crippen LogP contribution in [0.25, 0.3) is 11.1 Å². The van der Waals surface area contributed by atoms with Crippen molar-refractivity contribution in [3.05, 3.63) is 72.2 Å². The first-order valence-corrected chi connectivity index (χ1v) is 10.8. The average Bonchev–Trinajstić information content (AvgIpc) is 3.32. The van der Waals surface area contributed by atoms with Crippen molar-refractivity contribution in [1.82, 2.24) is 0 Å². The molecule has 33 heavy (non-hydrogen) atoms. The molecule has 8 heteroatoms. The zero-order valence-corrected chi connectivity index (χ0v) is 18.9. The summed E-state index contributed by atoms with van der Waals surface area (Å²) >= 11 is 0. The number of carbonyl (C=O) groups excluding carboxylic acids is 2. The number of benzene rings is 2. The summed E-state index contributed by atoms with van der Waals surface area (Å²) in [6.45, 7) is 5.52. The van der Waals surface area contributed by atoms with Crippen molar-refractivity contribution in [1.29, 1.82) is 0 Å². The van der Waals surface area contributed by atoms with E-state index in [1.54, 1.807) is 28.9 Å². The number of anilines is 2. The van der Waals surface area contributed by atoms with Crippen LogP contribution in [0.5, 0.6) is 0 Å². The fourth-order valence-corrected chi connectivity index (χ4v) is 4.22. The molecular weight excluding hydrogens is 420 g/mol. The van der Waals surface area contributed by atoms with E-state index in [0.29, 0.717) is 17.9 Å². The number of hydrogen-bond acceptors (Lipinski definition) is 6. The van der Waals surface area contributed by atoms with Crippen LogP contribution >= 0.6 is 0 Å². The number of fused-ring (bicyclic) bond motifs is 1. The van der Waals surface area contributed by atoms with Crippen molar-refractivity contribution in [2.45, 2.75) is 39.3 Å². The van der Waals surface area contributed by atoms with Crippen LogP contribution in [-0.2, 0) is 9.53 Å². The van der Waals surface area contributed by atoms with Crippen molar-refractivity contribution >= 4 is 23.2 Å². The number of nitrogens with zero attached hydrogens (tertiary/aromatic N) is 2. The Morgan fingerprint density at radius 3 is 2.48 bits per heavy atom. The Bertz CT molecular complexity index is 1160. The van der Waals surface area contributed by atoms with Crippen LogP contribution in [0.15, 0.2) is 65.3 Å². The van der Waals surface area contributed by atoms with Crippen LogP contribution in [0, 0.1) is 0 Å². The molecule has 2 unspecified atom stereocenters. The van der Waals surface area contributed by atoms with E-state index in [1.165, 1.54) is 13.2 Å². The van der Waals surface area contributed by atoms with Gasteiger partial charge in [0.15, 0.2) is 5.76 Å². The number of amides is 2. The Kier molecular flexibility index (Phi) is 6.33. The number of carbonyl (C=O) groups is 2.